The monoisotopic (exact) mass is 1510 g/mol. The molecule has 568 valence electrons. The molecule has 0 unspecified atom stereocenters. The van der Waals surface area contributed by atoms with Crippen LogP contribution in [0.25, 0.3) is 44.3 Å². The van der Waals surface area contributed by atoms with Gasteiger partial charge in [-0.1, -0.05) is 189 Å². The highest BCUT2D eigenvalue weighted by atomic mass is 32.2. The predicted molar refractivity (Wildman–Crippen MR) is 422 cm³/mol. The van der Waals surface area contributed by atoms with Crippen LogP contribution in [0, 0.1) is 43.4 Å². The maximum absolute atomic E-state index is 14.1. The maximum Gasteiger partial charge on any atom is 0.294 e. The lowest BCUT2D eigenvalue weighted by Crippen LogP contribution is -2.50. The zero-order valence-corrected chi connectivity index (χ0v) is 63.9. The molecule has 23 nitrogen and oxygen atoms in total. The Hall–Kier alpha value is -9.51. The summed E-state index contributed by atoms with van der Waals surface area (Å²) < 4.78 is 88.7. The van der Waals surface area contributed by atoms with Gasteiger partial charge in [0.25, 0.3) is 42.2 Å². The Balaban J connectivity index is 0.000000174. The van der Waals surface area contributed by atoms with Crippen molar-refractivity contribution in [2.45, 2.75) is 139 Å². The van der Waals surface area contributed by atoms with Crippen LogP contribution in [-0.4, -0.2) is 157 Å². The minimum Gasteiger partial charge on any atom is -0.370 e. The number of para-hydroxylation sites is 2. The van der Waals surface area contributed by atoms with Crippen molar-refractivity contribution in [3.05, 3.63) is 221 Å². The quantitative estimate of drug-likeness (QED) is 0.0261. The molecule has 0 bridgehead atoms. The standard InChI is InChI=1S/2C30H38N6O.3C7H8O3S/c2*1-21(22-10-4-2-5-11-22)33-29(37)27-24-14-8-9-15-26(24)34-28(23-12-6-3-7-13-23)25(27)20-35-16-18-36(19-17-35)30(31)32;3*1-6-2-4-7(5-3-6)11(8,9)10/h2*3,6-9,12-15,21-22H,2,4-5,10-11,16-20H2,1H3,(H3,31,32)(H,33,37);3*2-5H,1H3,(H,8,9,10)/t2*21-;;;/m00.../s1. The highest BCUT2D eigenvalue weighted by Crippen LogP contribution is 2.36. The number of hydrogen-bond donors (Lipinski definition) is 9. The van der Waals surface area contributed by atoms with Crippen LogP contribution >= 0.6 is 0 Å². The molecule has 2 aromatic heterocycles. The van der Waals surface area contributed by atoms with Gasteiger partial charge in [0.15, 0.2) is 11.9 Å². The first-order valence-electron chi connectivity index (χ1n) is 36.3. The topological polar surface area (TPSA) is 360 Å². The van der Waals surface area contributed by atoms with Crippen LogP contribution in [0.5, 0.6) is 0 Å². The molecule has 2 saturated carbocycles. The molecule has 26 heteroatoms. The van der Waals surface area contributed by atoms with Crippen LogP contribution in [0.4, 0.5) is 0 Å². The zero-order valence-electron chi connectivity index (χ0n) is 61.4. The van der Waals surface area contributed by atoms with Gasteiger partial charge in [-0.2, -0.15) is 25.3 Å². The zero-order chi connectivity index (χ0) is 77.0. The molecule has 4 aliphatic rings. The molecule has 13 rings (SSSR count). The lowest BCUT2D eigenvalue weighted by atomic mass is 9.84. The molecule has 2 atom stereocenters. The minimum atomic E-state index is -4.02. The predicted octanol–water partition coefficient (Wildman–Crippen LogP) is 12.9. The van der Waals surface area contributed by atoms with Crippen LogP contribution < -0.4 is 22.1 Å². The molecular formula is C81H100N12O11S3. The molecule has 2 aliphatic heterocycles. The summed E-state index contributed by atoms with van der Waals surface area (Å²) in [6.07, 6.45) is 12.3. The first-order valence-corrected chi connectivity index (χ1v) is 40.6. The van der Waals surface area contributed by atoms with Gasteiger partial charge in [0.1, 0.15) is 0 Å². The van der Waals surface area contributed by atoms with Crippen LogP contribution in [0.15, 0.2) is 197 Å². The molecule has 107 heavy (non-hydrogen) atoms. The summed E-state index contributed by atoms with van der Waals surface area (Å²) in [6, 6.07) is 54.6. The third-order valence-electron chi connectivity index (χ3n) is 20.1. The van der Waals surface area contributed by atoms with Crippen LogP contribution in [0.1, 0.15) is 127 Å². The lowest BCUT2D eigenvalue weighted by molar-refractivity contribution is 0.0909. The van der Waals surface area contributed by atoms with E-state index in [1.165, 1.54) is 101 Å². The maximum atomic E-state index is 14.1. The second kappa shape index (κ2) is 37.8. The van der Waals surface area contributed by atoms with Crippen molar-refractivity contribution < 1.29 is 48.5 Å². The van der Waals surface area contributed by atoms with Crippen molar-refractivity contribution in [2.24, 2.45) is 23.3 Å². The normalized spacial score (nSPS) is 16.0. The van der Waals surface area contributed by atoms with Gasteiger partial charge >= 0.3 is 0 Å². The van der Waals surface area contributed by atoms with Crippen molar-refractivity contribution >= 4 is 75.9 Å². The summed E-state index contributed by atoms with van der Waals surface area (Å²) >= 11 is 0. The Bertz CT molecular complexity index is 4470. The number of nitrogens with zero attached hydrogens (tertiary/aromatic N) is 6. The van der Waals surface area contributed by atoms with E-state index in [-0.39, 0.29) is 50.5 Å². The van der Waals surface area contributed by atoms with Crippen LogP contribution in [0.3, 0.4) is 0 Å². The van der Waals surface area contributed by atoms with E-state index >= 15 is 0 Å². The number of carbonyl (C=O) groups excluding carboxylic acids is 2. The number of nitrogens with one attached hydrogen (secondary N) is 4. The average Bonchev–Trinajstić information content (AvgIpc) is 0.764. The number of benzene rings is 7. The number of piperazine rings is 2. The van der Waals surface area contributed by atoms with Crippen molar-refractivity contribution in [3.63, 3.8) is 0 Å². The fourth-order valence-electron chi connectivity index (χ4n) is 13.9. The van der Waals surface area contributed by atoms with Gasteiger partial charge in [-0.3, -0.25) is 43.9 Å². The second-order valence-electron chi connectivity index (χ2n) is 27.9. The molecule has 2 aliphatic carbocycles. The molecule has 0 spiro atoms. The first kappa shape index (κ1) is 81.6. The number of amides is 2. The van der Waals surface area contributed by atoms with Gasteiger partial charge in [0.2, 0.25) is 0 Å². The van der Waals surface area contributed by atoms with E-state index in [2.05, 4.69) is 58.5 Å². The summed E-state index contributed by atoms with van der Waals surface area (Å²) in [5, 5.41) is 24.1. The molecule has 11 N–H and O–H groups in total. The van der Waals surface area contributed by atoms with Gasteiger partial charge in [0, 0.05) is 111 Å². The number of pyridine rings is 2. The Morgan fingerprint density at radius 2 is 0.710 bits per heavy atom. The molecule has 4 fully saturated rings. The Morgan fingerprint density at radius 1 is 0.430 bits per heavy atom. The van der Waals surface area contributed by atoms with Gasteiger partial charge in [0.05, 0.1) is 48.2 Å². The van der Waals surface area contributed by atoms with E-state index in [1.54, 1.807) is 36.4 Å². The molecule has 0 radical (unpaired) electrons. The van der Waals surface area contributed by atoms with E-state index < -0.39 is 30.4 Å². The minimum absolute atomic E-state index is 0.00812. The van der Waals surface area contributed by atoms with E-state index in [0.717, 1.165) is 109 Å². The molecule has 4 heterocycles. The third-order valence-corrected chi connectivity index (χ3v) is 22.7. The Labute approximate surface area is 629 Å². The van der Waals surface area contributed by atoms with E-state index in [9.17, 15) is 34.8 Å². The number of nitrogens with two attached hydrogens (primary N) is 2. The molecule has 2 saturated heterocycles. The number of fused-ring (bicyclic) bond motifs is 2. The average molecular weight is 1510 g/mol. The fourth-order valence-corrected chi connectivity index (χ4v) is 15.4. The van der Waals surface area contributed by atoms with E-state index in [1.807, 2.05) is 116 Å². The number of guanidine groups is 2. The van der Waals surface area contributed by atoms with Crippen molar-refractivity contribution in [1.29, 1.82) is 10.8 Å². The fraction of sp³-hybridized carbons (Fsp3) is 0.358. The summed E-state index contributed by atoms with van der Waals surface area (Å²) in [5.41, 5.74) is 23.2. The number of aromatic nitrogens is 2. The van der Waals surface area contributed by atoms with Crippen molar-refractivity contribution in [1.82, 2.24) is 40.2 Å². The number of hydrogen-bond acceptors (Lipinski definition) is 14. The van der Waals surface area contributed by atoms with E-state index in [4.69, 9.17) is 45.9 Å². The highest BCUT2D eigenvalue weighted by molar-refractivity contribution is 7.86. The van der Waals surface area contributed by atoms with Crippen molar-refractivity contribution in [2.75, 3.05) is 52.4 Å². The summed E-state index contributed by atoms with van der Waals surface area (Å²) in [7, 11) is -12.1. The summed E-state index contributed by atoms with van der Waals surface area (Å²) in [5.74, 6) is 1.28. The first-order chi connectivity index (χ1) is 51.0. The summed E-state index contributed by atoms with van der Waals surface area (Å²) in [4.78, 5) is 46.7. The molecule has 9 aromatic rings. The largest absolute Gasteiger partial charge is 0.370 e. The van der Waals surface area contributed by atoms with Crippen LogP contribution in [-0.2, 0) is 43.4 Å². The highest BCUT2D eigenvalue weighted by Gasteiger charge is 2.31. The summed E-state index contributed by atoms with van der Waals surface area (Å²) in [6.45, 7) is 17.0. The van der Waals surface area contributed by atoms with Gasteiger partial charge in [-0.15, -0.1) is 0 Å². The van der Waals surface area contributed by atoms with E-state index in [0.29, 0.717) is 51.1 Å². The number of rotatable bonds is 15. The molecule has 7 aromatic carbocycles. The second-order valence-corrected chi connectivity index (χ2v) is 32.1. The van der Waals surface area contributed by atoms with Gasteiger partial charge in [-0.05, 0) is 121 Å². The van der Waals surface area contributed by atoms with Gasteiger partial charge < -0.3 is 31.9 Å². The number of carbonyl (C=O) groups is 2. The smallest absolute Gasteiger partial charge is 0.294 e. The Morgan fingerprint density at radius 3 is 0.991 bits per heavy atom. The Kier molecular flexibility index (Phi) is 28.8. The van der Waals surface area contributed by atoms with Crippen molar-refractivity contribution in [3.8, 4) is 22.5 Å². The number of aryl methyl sites for hydroxylation is 3. The molecule has 2 amide bonds. The third kappa shape index (κ3) is 23.3. The lowest BCUT2D eigenvalue weighted by Gasteiger charge is -2.35. The SMILES string of the molecule is C[C@H](NC(=O)c1c(CN2CCN(C(=N)N)CC2)c(-c2ccccc2)nc2ccccc12)C1CCCCC1.C[C@H](NC(=O)c1c(CN2CCN(C(=N)N)CC2)c(-c2ccccc2)nc2ccccc12)C1CCCCC1.Cc1ccc(S(=O)(=O)O)cc1.Cc1ccc(S(=O)(=O)O)cc1.Cc1ccc(S(=O)(=O)O)cc1. The van der Waals surface area contributed by atoms with Crippen LogP contribution in [0.2, 0.25) is 0 Å². The van der Waals surface area contributed by atoms with Gasteiger partial charge in [-0.25, -0.2) is 9.97 Å². The molecular weight excluding hydrogens is 1410 g/mol.